The number of hydrogen-bond donors (Lipinski definition) is 7. The molecule has 0 heterocycles. The fraction of sp³-hybridized carbons (Fsp3) is 0.842. The monoisotopic (exact) mass is 478 g/mol. The molecular formula is C19H34N4O8S. The van der Waals surface area contributed by atoms with Crippen molar-refractivity contribution in [3.63, 3.8) is 0 Å². The highest BCUT2D eigenvalue weighted by Crippen LogP contribution is 2.30. The van der Waals surface area contributed by atoms with Crippen molar-refractivity contribution in [2.24, 2.45) is 5.73 Å². The lowest BCUT2D eigenvalue weighted by molar-refractivity contribution is -0.158. The largest absolute Gasteiger partial charge is 0.390 e. The number of hydrogen-bond acceptors (Lipinski definition) is 8. The van der Waals surface area contributed by atoms with Gasteiger partial charge < -0.3 is 37.0 Å². The zero-order valence-electron chi connectivity index (χ0n) is 18.1. The summed E-state index contributed by atoms with van der Waals surface area (Å²) in [5.74, 6) is -2.45. The quantitative estimate of drug-likeness (QED) is 0.200. The van der Waals surface area contributed by atoms with Crippen molar-refractivity contribution in [2.75, 3.05) is 12.0 Å². The van der Waals surface area contributed by atoms with Gasteiger partial charge in [-0.25, -0.2) is 13.2 Å². The van der Waals surface area contributed by atoms with Crippen LogP contribution in [0.2, 0.25) is 0 Å². The van der Waals surface area contributed by atoms with E-state index in [1.165, 1.54) is 0 Å². The Morgan fingerprint density at radius 1 is 1.09 bits per heavy atom. The van der Waals surface area contributed by atoms with Crippen molar-refractivity contribution >= 4 is 27.7 Å². The number of nitrogens with two attached hydrogens (primary N) is 1. The summed E-state index contributed by atoms with van der Waals surface area (Å²) in [6, 6.07) is -3.09. The van der Waals surface area contributed by atoms with E-state index >= 15 is 0 Å². The van der Waals surface area contributed by atoms with E-state index in [0.717, 1.165) is 38.4 Å². The lowest BCUT2D eigenvalue weighted by Gasteiger charge is -2.42. The van der Waals surface area contributed by atoms with Crippen molar-refractivity contribution < 1.29 is 38.1 Å². The first-order valence-corrected chi connectivity index (χ1v) is 12.8. The summed E-state index contributed by atoms with van der Waals surface area (Å²) in [4.78, 5) is 36.7. The number of nitrogens with one attached hydrogen (secondary N) is 3. The molecule has 0 saturated heterocycles. The van der Waals surface area contributed by atoms with Gasteiger partial charge in [-0.3, -0.25) is 9.59 Å². The molecule has 32 heavy (non-hydrogen) atoms. The van der Waals surface area contributed by atoms with E-state index in [1.807, 2.05) is 0 Å². The van der Waals surface area contributed by atoms with Crippen molar-refractivity contribution in [1.82, 2.24) is 16.0 Å². The molecule has 2 rings (SSSR count). The lowest BCUT2D eigenvalue weighted by Crippen LogP contribution is -2.65. The van der Waals surface area contributed by atoms with E-state index in [9.17, 15) is 38.1 Å². The number of sulfone groups is 1. The standard InChI is InChI=1S/C19H34N4O8S/c1-32(30,31)8-7-12(16(20)26)22-17(27)19(29)9-13(15(25)14(24)10-19)23-18(28)21-11-5-3-2-4-6-11/h11-15,24-25,29H,2-10H2,1H3,(H2,20,26)(H,22,27)(H2,21,23,28). The summed E-state index contributed by atoms with van der Waals surface area (Å²) in [6.07, 6.45) is 1.53. The number of carbonyl (C=O) groups excluding carboxylic acids is 3. The van der Waals surface area contributed by atoms with Gasteiger partial charge >= 0.3 is 6.03 Å². The van der Waals surface area contributed by atoms with Crippen LogP contribution in [0.4, 0.5) is 4.79 Å². The minimum absolute atomic E-state index is 0.0113. The van der Waals surface area contributed by atoms with Crippen LogP contribution in [0.5, 0.6) is 0 Å². The molecule has 2 fully saturated rings. The van der Waals surface area contributed by atoms with Crippen LogP contribution < -0.4 is 21.7 Å². The Bertz CT molecular complexity index is 801. The van der Waals surface area contributed by atoms with Crippen molar-refractivity contribution in [1.29, 1.82) is 0 Å². The molecule has 184 valence electrons. The highest BCUT2D eigenvalue weighted by Gasteiger charge is 2.49. The molecule has 0 radical (unpaired) electrons. The Morgan fingerprint density at radius 3 is 2.28 bits per heavy atom. The first kappa shape index (κ1) is 26.3. The molecule has 0 aromatic carbocycles. The molecular weight excluding hydrogens is 444 g/mol. The van der Waals surface area contributed by atoms with Gasteiger partial charge in [0.05, 0.1) is 17.9 Å². The molecule has 0 aromatic heterocycles. The number of urea groups is 1. The number of aliphatic hydroxyl groups is 3. The second-order valence-corrected chi connectivity index (χ2v) is 11.2. The van der Waals surface area contributed by atoms with E-state index in [0.29, 0.717) is 0 Å². The third-order valence-electron chi connectivity index (χ3n) is 6.02. The van der Waals surface area contributed by atoms with Crippen LogP contribution in [0.1, 0.15) is 51.4 Å². The molecule has 2 aliphatic rings. The number of amides is 4. The fourth-order valence-corrected chi connectivity index (χ4v) is 4.84. The molecule has 0 spiro atoms. The van der Waals surface area contributed by atoms with E-state index < -0.39 is 76.2 Å². The molecule has 0 bridgehead atoms. The molecule has 2 aliphatic carbocycles. The minimum Gasteiger partial charge on any atom is -0.390 e. The van der Waals surface area contributed by atoms with Gasteiger partial charge in [0.2, 0.25) is 5.91 Å². The fourth-order valence-electron chi connectivity index (χ4n) is 4.18. The van der Waals surface area contributed by atoms with Gasteiger partial charge in [0.25, 0.3) is 5.91 Å². The van der Waals surface area contributed by atoms with Gasteiger partial charge in [-0.2, -0.15) is 0 Å². The summed E-state index contributed by atoms with van der Waals surface area (Å²) < 4.78 is 22.7. The summed E-state index contributed by atoms with van der Waals surface area (Å²) >= 11 is 0. The highest BCUT2D eigenvalue weighted by atomic mass is 32.2. The maximum atomic E-state index is 12.7. The normalized spacial score (nSPS) is 30.2. The molecule has 12 nitrogen and oxygen atoms in total. The van der Waals surface area contributed by atoms with E-state index in [-0.39, 0.29) is 12.5 Å². The van der Waals surface area contributed by atoms with Crippen LogP contribution in [0.3, 0.4) is 0 Å². The zero-order valence-corrected chi connectivity index (χ0v) is 18.9. The molecule has 4 amide bonds. The smallest absolute Gasteiger partial charge is 0.315 e. The van der Waals surface area contributed by atoms with Crippen LogP contribution in [-0.4, -0.2) is 89.5 Å². The number of primary amides is 1. The van der Waals surface area contributed by atoms with Gasteiger partial charge in [-0.15, -0.1) is 0 Å². The average Bonchev–Trinajstić information content (AvgIpc) is 2.68. The van der Waals surface area contributed by atoms with E-state index in [2.05, 4.69) is 16.0 Å². The highest BCUT2D eigenvalue weighted by molar-refractivity contribution is 7.90. The summed E-state index contributed by atoms with van der Waals surface area (Å²) in [5, 5.41) is 38.9. The number of aliphatic hydroxyl groups excluding tert-OH is 2. The molecule has 5 unspecified atom stereocenters. The van der Waals surface area contributed by atoms with Crippen LogP contribution in [0.25, 0.3) is 0 Å². The van der Waals surface area contributed by atoms with Gasteiger partial charge in [-0.1, -0.05) is 19.3 Å². The van der Waals surface area contributed by atoms with Crippen LogP contribution in [-0.2, 0) is 19.4 Å². The Hall–Kier alpha value is -1.96. The third-order valence-corrected chi connectivity index (χ3v) is 6.99. The maximum absolute atomic E-state index is 12.7. The van der Waals surface area contributed by atoms with E-state index in [4.69, 9.17) is 5.73 Å². The Morgan fingerprint density at radius 2 is 1.72 bits per heavy atom. The molecule has 13 heteroatoms. The summed E-state index contributed by atoms with van der Waals surface area (Å²) in [7, 11) is -3.43. The predicted molar refractivity (Wildman–Crippen MR) is 114 cm³/mol. The number of rotatable bonds is 8. The third kappa shape index (κ3) is 7.57. The molecule has 8 N–H and O–H groups in total. The SMILES string of the molecule is CS(=O)(=O)CCC(NC(=O)C1(O)CC(O)C(O)C(NC(=O)NC2CCCCC2)C1)C(N)=O. The second kappa shape index (κ2) is 10.8. The lowest BCUT2D eigenvalue weighted by atomic mass is 9.77. The van der Waals surface area contributed by atoms with Gasteiger partial charge in [0.15, 0.2) is 0 Å². The zero-order chi connectivity index (χ0) is 24.1. The van der Waals surface area contributed by atoms with Gasteiger partial charge in [0, 0.05) is 25.1 Å². The van der Waals surface area contributed by atoms with Gasteiger partial charge in [-0.05, 0) is 19.3 Å². The molecule has 5 atom stereocenters. The first-order chi connectivity index (χ1) is 14.8. The number of carbonyl (C=O) groups is 3. The summed E-state index contributed by atoms with van der Waals surface area (Å²) in [5.41, 5.74) is 3.01. The first-order valence-electron chi connectivity index (χ1n) is 10.7. The van der Waals surface area contributed by atoms with Gasteiger partial charge in [0.1, 0.15) is 27.6 Å². The van der Waals surface area contributed by atoms with Crippen LogP contribution >= 0.6 is 0 Å². The van der Waals surface area contributed by atoms with Crippen molar-refractivity contribution in [2.45, 2.75) is 87.3 Å². The Balaban J connectivity index is 2.03. The molecule has 2 saturated carbocycles. The molecule has 0 aromatic rings. The maximum Gasteiger partial charge on any atom is 0.315 e. The summed E-state index contributed by atoms with van der Waals surface area (Å²) in [6.45, 7) is 0. The Kier molecular flexibility index (Phi) is 8.85. The van der Waals surface area contributed by atoms with Crippen LogP contribution in [0.15, 0.2) is 0 Å². The van der Waals surface area contributed by atoms with Crippen LogP contribution in [0, 0.1) is 0 Å². The van der Waals surface area contributed by atoms with Crippen molar-refractivity contribution in [3.05, 3.63) is 0 Å². The van der Waals surface area contributed by atoms with Crippen molar-refractivity contribution in [3.8, 4) is 0 Å². The topological polar surface area (TPSA) is 208 Å². The minimum atomic E-state index is -3.43. The molecule has 0 aliphatic heterocycles. The predicted octanol–water partition coefficient (Wildman–Crippen LogP) is -2.36. The Labute approximate surface area is 187 Å². The average molecular weight is 479 g/mol. The van der Waals surface area contributed by atoms with E-state index in [1.54, 1.807) is 0 Å². The second-order valence-electron chi connectivity index (χ2n) is 8.90.